The fourth-order valence-electron chi connectivity index (χ4n) is 3.68. The lowest BCUT2D eigenvalue weighted by atomic mass is 9.96. The van der Waals surface area contributed by atoms with Gasteiger partial charge in [-0.1, -0.05) is 12.1 Å². The first kappa shape index (κ1) is 23.7. The number of likely N-dealkylation sites (tertiary alicyclic amines) is 1. The van der Waals surface area contributed by atoms with Crippen molar-refractivity contribution in [3.8, 4) is 0 Å². The van der Waals surface area contributed by atoms with Crippen molar-refractivity contribution < 1.29 is 23.8 Å². The highest BCUT2D eigenvalue weighted by Gasteiger charge is 2.38. The van der Waals surface area contributed by atoms with E-state index in [2.05, 4.69) is 15.3 Å². The van der Waals surface area contributed by atoms with Gasteiger partial charge in [0, 0.05) is 13.7 Å². The van der Waals surface area contributed by atoms with E-state index < -0.39 is 29.7 Å². The van der Waals surface area contributed by atoms with Crippen molar-refractivity contribution in [3.63, 3.8) is 0 Å². The molecular weight excluding hydrogens is 416 g/mol. The molecule has 2 N–H and O–H groups in total. The fraction of sp³-hybridized carbons (Fsp3) is 0.545. The van der Waals surface area contributed by atoms with Crippen LogP contribution in [0.5, 0.6) is 0 Å². The highest BCUT2D eigenvalue weighted by Crippen LogP contribution is 2.26. The Morgan fingerprint density at radius 3 is 2.75 bits per heavy atom. The second-order valence-electron chi connectivity index (χ2n) is 8.68. The predicted molar refractivity (Wildman–Crippen MR) is 118 cm³/mol. The Bertz CT molecular complexity index is 1020. The molecule has 0 aliphatic carbocycles. The molecule has 1 aromatic heterocycles. The van der Waals surface area contributed by atoms with Gasteiger partial charge in [-0.3, -0.25) is 19.9 Å². The first-order valence-corrected chi connectivity index (χ1v) is 10.6. The quantitative estimate of drug-likeness (QED) is 0.654. The van der Waals surface area contributed by atoms with Gasteiger partial charge in [0.1, 0.15) is 12.4 Å². The Balaban J connectivity index is 1.78. The number of piperidine rings is 1. The number of hydrogen-bond acceptors (Lipinski definition) is 7. The van der Waals surface area contributed by atoms with Gasteiger partial charge in [-0.15, -0.1) is 0 Å². The third-order valence-corrected chi connectivity index (χ3v) is 5.01. The summed E-state index contributed by atoms with van der Waals surface area (Å²) >= 11 is 0. The van der Waals surface area contributed by atoms with Crippen molar-refractivity contribution in [1.82, 2.24) is 14.9 Å². The van der Waals surface area contributed by atoms with Crippen molar-refractivity contribution in [3.05, 3.63) is 34.6 Å². The van der Waals surface area contributed by atoms with Gasteiger partial charge in [0.15, 0.2) is 0 Å². The maximum Gasteiger partial charge on any atom is 0.410 e. The predicted octanol–water partition coefficient (Wildman–Crippen LogP) is 2.64. The molecule has 3 rings (SSSR count). The molecule has 2 aromatic rings. The number of fused-ring (bicyclic) bond motifs is 1. The molecule has 1 aliphatic heterocycles. The minimum atomic E-state index is -0.668. The maximum atomic E-state index is 12.9. The van der Waals surface area contributed by atoms with Gasteiger partial charge in [0.05, 0.1) is 29.5 Å². The highest BCUT2D eigenvalue weighted by molar-refractivity contribution is 5.91. The minimum Gasteiger partial charge on any atom is -0.444 e. The topological polar surface area (TPSA) is 123 Å². The molecule has 10 nitrogen and oxygen atoms in total. The summed E-state index contributed by atoms with van der Waals surface area (Å²) in [6, 6.07) is 6.30. The molecule has 1 aliphatic rings. The zero-order chi connectivity index (χ0) is 23.3. The first-order valence-electron chi connectivity index (χ1n) is 10.6. The molecule has 1 saturated heterocycles. The molecule has 0 radical (unpaired) electrons. The molecule has 0 saturated carbocycles. The standard InChI is InChI=1S/C22H30N4O6/c1-22(2,3)32-21(29)26-11-7-10-17(31-13-30-4)16(26)12-18(27)24-20-23-15-9-6-5-8-14(15)19(28)25-20/h5-6,8-9,16-17H,7,10-13H2,1-4H3,(H2,23,24,25,27,28)/t16-,17+/m1/s1. The van der Waals surface area contributed by atoms with E-state index in [0.29, 0.717) is 30.3 Å². The molecule has 10 heteroatoms. The average Bonchev–Trinajstić information content (AvgIpc) is 2.71. The third kappa shape index (κ3) is 6.04. The Hall–Kier alpha value is -2.98. The summed E-state index contributed by atoms with van der Waals surface area (Å²) in [5, 5.41) is 3.07. The first-order chi connectivity index (χ1) is 15.2. The number of anilines is 1. The van der Waals surface area contributed by atoms with Crippen LogP contribution in [0.1, 0.15) is 40.0 Å². The number of methoxy groups -OCH3 is 1. The van der Waals surface area contributed by atoms with Crippen molar-refractivity contribution in [1.29, 1.82) is 0 Å². The average molecular weight is 447 g/mol. The van der Waals surface area contributed by atoms with Crippen molar-refractivity contribution in [2.75, 3.05) is 25.8 Å². The van der Waals surface area contributed by atoms with Crippen LogP contribution in [-0.2, 0) is 19.0 Å². The van der Waals surface area contributed by atoms with Crippen molar-refractivity contribution in [2.24, 2.45) is 0 Å². The van der Waals surface area contributed by atoms with E-state index in [-0.39, 0.29) is 24.7 Å². The van der Waals surface area contributed by atoms with Gasteiger partial charge in [-0.05, 0) is 45.7 Å². The Morgan fingerprint density at radius 1 is 1.28 bits per heavy atom. The van der Waals surface area contributed by atoms with Crippen molar-refractivity contribution in [2.45, 2.75) is 57.8 Å². The van der Waals surface area contributed by atoms with Gasteiger partial charge in [-0.2, -0.15) is 0 Å². The molecule has 0 bridgehead atoms. The van der Waals surface area contributed by atoms with E-state index in [9.17, 15) is 14.4 Å². The van der Waals surface area contributed by atoms with Crippen LogP contribution in [0, 0.1) is 0 Å². The van der Waals surface area contributed by atoms with E-state index in [1.165, 1.54) is 12.0 Å². The number of hydrogen-bond donors (Lipinski definition) is 2. The molecule has 32 heavy (non-hydrogen) atoms. The third-order valence-electron chi connectivity index (χ3n) is 5.01. The number of nitrogens with zero attached hydrogens (tertiary/aromatic N) is 2. The summed E-state index contributed by atoms with van der Waals surface area (Å²) in [6.07, 6.45) is 0.435. The number of para-hydroxylation sites is 1. The van der Waals surface area contributed by atoms with Crippen LogP contribution in [0.3, 0.4) is 0 Å². The molecular formula is C22H30N4O6. The largest absolute Gasteiger partial charge is 0.444 e. The Labute approximate surface area is 186 Å². The normalized spacial score (nSPS) is 19.1. The summed E-state index contributed by atoms with van der Waals surface area (Å²) in [4.78, 5) is 46.3. The second kappa shape index (κ2) is 10.1. The van der Waals surface area contributed by atoms with Gasteiger partial charge in [0.2, 0.25) is 11.9 Å². The molecule has 1 fully saturated rings. The maximum absolute atomic E-state index is 12.9. The van der Waals surface area contributed by atoms with Gasteiger partial charge in [0.25, 0.3) is 5.56 Å². The SMILES string of the molecule is COCO[C@H]1CCCN(C(=O)OC(C)(C)C)[C@@H]1CC(=O)Nc1nc2ccccc2c(=O)[nH]1. The van der Waals surface area contributed by atoms with Crippen LogP contribution in [0.25, 0.3) is 10.9 Å². The molecule has 2 atom stereocenters. The molecule has 1 aromatic carbocycles. The Kier molecular flexibility index (Phi) is 7.47. The van der Waals surface area contributed by atoms with E-state index in [4.69, 9.17) is 14.2 Å². The number of aromatic amines is 1. The van der Waals surface area contributed by atoms with E-state index >= 15 is 0 Å². The van der Waals surface area contributed by atoms with E-state index in [0.717, 1.165) is 0 Å². The monoisotopic (exact) mass is 446 g/mol. The summed E-state index contributed by atoms with van der Waals surface area (Å²) in [5.74, 6) is -0.359. The molecule has 0 spiro atoms. The lowest BCUT2D eigenvalue weighted by Gasteiger charge is -2.41. The number of benzene rings is 1. The van der Waals surface area contributed by atoms with Crippen LogP contribution in [0.15, 0.2) is 29.1 Å². The summed E-state index contributed by atoms with van der Waals surface area (Å²) < 4.78 is 16.3. The van der Waals surface area contributed by atoms with Gasteiger partial charge in [-0.25, -0.2) is 9.78 Å². The highest BCUT2D eigenvalue weighted by atomic mass is 16.7. The lowest BCUT2D eigenvalue weighted by Crippen LogP contribution is -2.54. The van der Waals surface area contributed by atoms with Crippen molar-refractivity contribution >= 4 is 28.9 Å². The zero-order valence-electron chi connectivity index (χ0n) is 18.8. The molecule has 0 unspecified atom stereocenters. The van der Waals surface area contributed by atoms with Crippen LogP contribution < -0.4 is 10.9 Å². The van der Waals surface area contributed by atoms with E-state index in [1.807, 2.05) is 0 Å². The summed E-state index contributed by atoms with van der Waals surface area (Å²) in [6.45, 7) is 5.86. The number of ether oxygens (including phenoxy) is 3. The smallest absolute Gasteiger partial charge is 0.410 e. The Morgan fingerprint density at radius 2 is 2.03 bits per heavy atom. The fourth-order valence-corrected chi connectivity index (χ4v) is 3.68. The molecule has 2 amide bonds. The number of aromatic nitrogens is 2. The number of H-pyrrole nitrogens is 1. The zero-order valence-corrected chi connectivity index (χ0v) is 18.8. The van der Waals surface area contributed by atoms with E-state index in [1.54, 1.807) is 45.0 Å². The molecule has 2 heterocycles. The number of amides is 2. The van der Waals surface area contributed by atoms with Crippen LogP contribution in [-0.4, -0.2) is 65.1 Å². The van der Waals surface area contributed by atoms with Crippen LogP contribution >= 0.6 is 0 Å². The lowest BCUT2D eigenvalue weighted by molar-refractivity contribution is -0.129. The van der Waals surface area contributed by atoms with Gasteiger partial charge >= 0.3 is 6.09 Å². The van der Waals surface area contributed by atoms with Gasteiger partial charge < -0.3 is 19.1 Å². The number of nitrogens with one attached hydrogen (secondary N) is 2. The molecule has 174 valence electrons. The van der Waals surface area contributed by atoms with Crippen LogP contribution in [0.4, 0.5) is 10.7 Å². The number of carbonyl (C=O) groups is 2. The van der Waals surface area contributed by atoms with Crippen LogP contribution in [0.2, 0.25) is 0 Å². The second-order valence-corrected chi connectivity index (χ2v) is 8.68. The summed E-state index contributed by atoms with van der Waals surface area (Å²) in [5.41, 5.74) is -0.542. The number of rotatable bonds is 6. The minimum absolute atomic E-state index is 0.0461. The summed E-state index contributed by atoms with van der Waals surface area (Å²) in [7, 11) is 1.51. The number of carbonyl (C=O) groups excluding carboxylic acids is 2.